The standard InChI is InChI=1S/C29H24FN3O3S/c1-18-6-8-24(12-19(18)2)31-27(34)17-33-28(35)26(37-29(33)36)15-20-7-9-25-22(13-20)10-11-32(25)16-21-4-3-5-23(30)14-21/h3-15H,16-17H2,1-2H3,(H,31,34)/b26-15+. The van der Waals surface area contributed by atoms with E-state index in [0.29, 0.717) is 12.2 Å². The van der Waals surface area contributed by atoms with E-state index in [1.165, 1.54) is 12.1 Å². The highest BCUT2D eigenvalue weighted by molar-refractivity contribution is 8.18. The second-order valence-corrected chi connectivity index (χ2v) is 10.0. The minimum atomic E-state index is -0.492. The Kier molecular flexibility index (Phi) is 6.67. The zero-order valence-electron chi connectivity index (χ0n) is 20.3. The summed E-state index contributed by atoms with van der Waals surface area (Å²) in [4.78, 5) is 39.1. The lowest BCUT2D eigenvalue weighted by Gasteiger charge is -2.13. The van der Waals surface area contributed by atoms with Crippen molar-refractivity contribution in [1.29, 1.82) is 0 Å². The van der Waals surface area contributed by atoms with Crippen LogP contribution in [0.4, 0.5) is 14.9 Å². The van der Waals surface area contributed by atoms with E-state index in [0.717, 1.165) is 49.8 Å². The van der Waals surface area contributed by atoms with E-state index in [-0.39, 0.29) is 17.3 Å². The van der Waals surface area contributed by atoms with Gasteiger partial charge in [0, 0.05) is 29.3 Å². The molecular weight excluding hydrogens is 489 g/mol. The molecule has 0 saturated carbocycles. The molecule has 1 fully saturated rings. The van der Waals surface area contributed by atoms with Crippen LogP contribution in [0, 0.1) is 19.7 Å². The van der Waals surface area contributed by atoms with Crippen molar-refractivity contribution < 1.29 is 18.8 Å². The molecule has 1 N–H and O–H groups in total. The number of imide groups is 1. The first-order valence-electron chi connectivity index (χ1n) is 11.7. The van der Waals surface area contributed by atoms with Gasteiger partial charge in [-0.05, 0) is 96.4 Å². The fourth-order valence-electron chi connectivity index (χ4n) is 4.23. The van der Waals surface area contributed by atoms with E-state index < -0.39 is 17.1 Å². The minimum Gasteiger partial charge on any atom is -0.343 e. The highest BCUT2D eigenvalue weighted by Crippen LogP contribution is 2.33. The number of aromatic nitrogens is 1. The first-order chi connectivity index (χ1) is 17.8. The summed E-state index contributed by atoms with van der Waals surface area (Å²) in [5.41, 5.74) is 5.35. The molecule has 0 spiro atoms. The van der Waals surface area contributed by atoms with Crippen molar-refractivity contribution in [2.45, 2.75) is 20.4 Å². The van der Waals surface area contributed by atoms with Crippen molar-refractivity contribution in [3.8, 4) is 0 Å². The summed E-state index contributed by atoms with van der Waals surface area (Å²) in [6, 6.07) is 19.7. The number of thioether (sulfide) groups is 1. The maximum atomic E-state index is 13.5. The van der Waals surface area contributed by atoms with Crippen LogP contribution in [0.1, 0.15) is 22.3 Å². The van der Waals surface area contributed by atoms with E-state index in [4.69, 9.17) is 0 Å². The van der Waals surface area contributed by atoms with Gasteiger partial charge in [-0.3, -0.25) is 19.3 Å². The molecule has 8 heteroatoms. The Morgan fingerprint density at radius 3 is 2.62 bits per heavy atom. The normalized spacial score (nSPS) is 14.7. The molecule has 0 bridgehead atoms. The summed E-state index contributed by atoms with van der Waals surface area (Å²) < 4.78 is 15.6. The van der Waals surface area contributed by atoms with Gasteiger partial charge in [0.05, 0.1) is 4.91 Å². The van der Waals surface area contributed by atoms with Gasteiger partial charge in [-0.2, -0.15) is 0 Å². The third-order valence-corrected chi connectivity index (χ3v) is 7.21. The zero-order valence-corrected chi connectivity index (χ0v) is 21.1. The number of anilines is 1. The van der Waals surface area contributed by atoms with E-state index in [1.54, 1.807) is 18.2 Å². The van der Waals surface area contributed by atoms with Crippen LogP contribution in [0.15, 0.2) is 77.8 Å². The van der Waals surface area contributed by atoms with Gasteiger partial charge in [0.25, 0.3) is 11.1 Å². The Hall–Kier alpha value is -4.17. The summed E-state index contributed by atoms with van der Waals surface area (Å²) in [6.45, 7) is 4.11. The molecular formula is C29H24FN3O3S. The van der Waals surface area contributed by atoms with Crippen LogP contribution in [-0.2, 0) is 16.1 Å². The number of nitrogens with zero attached hydrogens (tertiary/aromatic N) is 2. The van der Waals surface area contributed by atoms with Crippen molar-refractivity contribution in [2.75, 3.05) is 11.9 Å². The lowest BCUT2D eigenvalue weighted by molar-refractivity contribution is -0.127. The number of rotatable bonds is 6. The fraction of sp³-hybridized carbons (Fsp3) is 0.138. The van der Waals surface area contributed by atoms with Crippen LogP contribution in [0.5, 0.6) is 0 Å². The Morgan fingerprint density at radius 1 is 1.00 bits per heavy atom. The molecule has 1 aliphatic heterocycles. The number of aryl methyl sites for hydroxylation is 2. The third-order valence-electron chi connectivity index (χ3n) is 6.30. The first-order valence-corrected chi connectivity index (χ1v) is 12.5. The van der Waals surface area contributed by atoms with Crippen LogP contribution in [0.25, 0.3) is 17.0 Å². The molecule has 4 aromatic rings. The van der Waals surface area contributed by atoms with E-state index in [1.807, 2.05) is 67.1 Å². The van der Waals surface area contributed by atoms with E-state index in [2.05, 4.69) is 5.32 Å². The number of benzene rings is 3. The fourth-order valence-corrected chi connectivity index (χ4v) is 5.07. The average molecular weight is 514 g/mol. The number of fused-ring (bicyclic) bond motifs is 1. The van der Waals surface area contributed by atoms with Crippen LogP contribution < -0.4 is 5.32 Å². The van der Waals surface area contributed by atoms with Gasteiger partial charge >= 0.3 is 0 Å². The zero-order chi connectivity index (χ0) is 26.1. The molecule has 0 atom stereocenters. The van der Waals surface area contributed by atoms with Gasteiger partial charge in [-0.25, -0.2) is 4.39 Å². The highest BCUT2D eigenvalue weighted by atomic mass is 32.2. The maximum absolute atomic E-state index is 13.5. The van der Waals surface area contributed by atoms with Crippen LogP contribution in [0.2, 0.25) is 0 Å². The number of hydrogen-bond acceptors (Lipinski definition) is 4. The second-order valence-electron chi connectivity index (χ2n) is 9.01. The molecule has 0 aliphatic carbocycles. The average Bonchev–Trinajstić information content (AvgIpc) is 3.36. The van der Waals surface area contributed by atoms with Crippen LogP contribution in [0.3, 0.4) is 0 Å². The van der Waals surface area contributed by atoms with E-state index >= 15 is 0 Å². The number of carbonyl (C=O) groups is 3. The SMILES string of the molecule is Cc1ccc(NC(=O)CN2C(=O)S/C(=C/c3ccc4c(ccn4Cc4cccc(F)c4)c3)C2=O)cc1C. The monoisotopic (exact) mass is 513 g/mol. The maximum Gasteiger partial charge on any atom is 0.294 e. The lowest BCUT2D eigenvalue weighted by Crippen LogP contribution is -2.36. The number of carbonyl (C=O) groups excluding carboxylic acids is 3. The Labute approximate surface area is 217 Å². The molecule has 3 aromatic carbocycles. The van der Waals surface area contributed by atoms with Crippen LogP contribution in [-0.4, -0.2) is 33.1 Å². The smallest absolute Gasteiger partial charge is 0.294 e. The Morgan fingerprint density at radius 2 is 1.84 bits per heavy atom. The second kappa shape index (κ2) is 10.1. The van der Waals surface area contributed by atoms with Gasteiger partial charge < -0.3 is 9.88 Å². The van der Waals surface area contributed by atoms with Gasteiger partial charge in [0.1, 0.15) is 12.4 Å². The van der Waals surface area contributed by atoms with Gasteiger partial charge in [0.2, 0.25) is 5.91 Å². The summed E-state index contributed by atoms with van der Waals surface area (Å²) in [5.74, 6) is -1.20. The topological polar surface area (TPSA) is 71.4 Å². The van der Waals surface area contributed by atoms with Gasteiger partial charge in [-0.15, -0.1) is 0 Å². The van der Waals surface area contributed by atoms with E-state index in [9.17, 15) is 18.8 Å². The predicted molar refractivity (Wildman–Crippen MR) is 145 cm³/mol. The number of halogens is 1. The molecule has 3 amide bonds. The van der Waals surface area contributed by atoms with Gasteiger partial charge in [0.15, 0.2) is 0 Å². The van der Waals surface area contributed by atoms with Crippen molar-refractivity contribution in [1.82, 2.24) is 9.47 Å². The van der Waals surface area contributed by atoms with Gasteiger partial charge in [-0.1, -0.05) is 24.3 Å². The molecule has 6 nitrogen and oxygen atoms in total. The van der Waals surface area contributed by atoms with Crippen molar-refractivity contribution in [3.63, 3.8) is 0 Å². The lowest BCUT2D eigenvalue weighted by atomic mass is 10.1. The first kappa shape index (κ1) is 24.5. The molecule has 1 saturated heterocycles. The quantitative estimate of drug-likeness (QED) is 0.315. The van der Waals surface area contributed by atoms with Crippen molar-refractivity contribution in [3.05, 3.63) is 106 Å². The van der Waals surface area contributed by atoms with Crippen molar-refractivity contribution in [2.24, 2.45) is 0 Å². The molecule has 1 aliphatic rings. The summed E-state index contributed by atoms with van der Waals surface area (Å²) >= 11 is 0.821. The summed E-state index contributed by atoms with van der Waals surface area (Å²) in [6.07, 6.45) is 3.59. The Bertz CT molecular complexity index is 1590. The molecule has 0 unspecified atom stereocenters. The number of nitrogens with one attached hydrogen (secondary N) is 1. The Balaban J connectivity index is 1.29. The molecule has 37 heavy (non-hydrogen) atoms. The largest absolute Gasteiger partial charge is 0.343 e. The molecule has 2 heterocycles. The summed E-state index contributed by atoms with van der Waals surface area (Å²) in [7, 11) is 0. The molecule has 5 rings (SSSR count). The number of hydrogen-bond donors (Lipinski definition) is 1. The molecule has 0 radical (unpaired) electrons. The van der Waals surface area contributed by atoms with Crippen LogP contribution >= 0.6 is 11.8 Å². The summed E-state index contributed by atoms with van der Waals surface area (Å²) in [5, 5.41) is 3.23. The van der Waals surface area contributed by atoms with Crippen molar-refractivity contribution >= 4 is 51.5 Å². The minimum absolute atomic E-state index is 0.266. The molecule has 186 valence electrons. The number of amides is 3. The highest BCUT2D eigenvalue weighted by Gasteiger charge is 2.36. The third kappa shape index (κ3) is 5.34. The molecule has 1 aromatic heterocycles. The predicted octanol–water partition coefficient (Wildman–Crippen LogP) is 6.12.